The van der Waals surface area contributed by atoms with Crippen LogP contribution < -0.4 is 10.2 Å². The summed E-state index contributed by atoms with van der Waals surface area (Å²) in [5, 5.41) is 3.20. The predicted molar refractivity (Wildman–Crippen MR) is 136 cm³/mol. The van der Waals surface area contributed by atoms with Crippen LogP contribution in [0.4, 0.5) is 5.95 Å². The Morgan fingerprint density at radius 2 is 1.87 bits per heavy atom. The van der Waals surface area contributed by atoms with Crippen LogP contribution in [0, 0.1) is 11.8 Å². The van der Waals surface area contributed by atoms with Crippen molar-refractivity contribution in [1.82, 2.24) is 35.1 Å². The van der Waals surface area contributed by atoms with Crippen molar-refractivity contribution >= 4 is 28.8 Å². The molecule has 11 heteroatoms. The fraction of sp³-hybridized carbons (Fsp3) is 0.333. The number of benzene rings is 1. The molecule has 190 valence electrons. The maximum absolute atomic E-state index is 13.5. The fourth-order valence-corrected chi connectivity index (χ4v) is 6.31. The lowest BCUT2D eigenvalue weighted by Gasteiger charge is -2.26. The summed E-state index contributed by atoms with van der Waals surface area (Å²) in [5.74, 6) is 1.40. The molecule has 3 aliphatic heterocycles. The summed E-state index contributed by atoms with van der Waals surface area (Å²) < 4.78 is 5.39. The molecule has 38 heavy (non-hydrogen) atoms. The van der Waals surface area contributed by atoms with Crippen molar-refractivity contribution < 1.29 is 14.3 Å². The third-order valence-electron chi connectivity index (χ3n) is 8.30. The number of amides is 2. The molecule has 4 atom stereocenters. The zero-order chi connectivity index (χ0) is 25.4. The van der Waals surface area contributed by atoms with Crippen molar-refractivity contribution in [3.05, 3.63) is 66.1 Å². The molecule has 2 bridgehead atoms. The van der Waals surface area contributed by atoms with Crippen molar-refractivity contribution in [2.45, 2.75) is 11.6 Å². The molecule has 0 spiro atoms. The van der Waals surface area contributed by atoms with Gasteiger partial charge in [-0.1, -0.05) is 18.2 Å². The Balaban J connectivity index is 0.977. The minimum absolute atomic E-state index is 0.00107. The van der Waals surface area contributed by atoms with Crippen LogP contribution in [0.2, 0.25) is 0 Å². The summed E-state index contributed by atoms with van der Waals surface area (Å²) in [4.78, 5) is 51.8. The first-order valence-corrected chi connectivity index (χ1v) is 12.8. The van der Waals surface area contributed by atoms with Crippen molar-refractivity contribution in [1.29, 1.82) is 0 Å². The minimum atomic E-state index is -0.340. The van der Waals surface area contributed by atoms with Gasteiger partial charge in [0.1, 0.15) is 17.1 Å². The first-order chi connectivity index (χ1) is 18.6. The van der Waals surface area contributed by atoms with Crippen LogP contribution in [-0.4, -0.2) is 86.1 Å². The second kappa shape index (κ2) is 7.81. The quantitative estimate of drug-likeness (QED) is 0.415. The molecule has 5 fully saturated rings. The van der Waals surface area contributed by atoms with E-state index in [0.717, 1.165) is 11.0 Å². The molecule has 9 rings (SSSR count). The van der Waals surface area contributed by atoms with E-state index in [2.05, 4.69) is 30.2 Å². The van der Waals surface area contributed by atoms with Crippen LogP contribution in [0.1, 0.15) is 21.0 Å². The Labute approximate surface area is 217 Å². The number of ether oxygens (including phenoxy) is 1. The first-order valence-electron chi connectivity index (χ1n) is 12.8. The number of nitrogens with one attached hydrogen (secondary N) is 2. The molecule has 2 saturated carbocycles. The zero-order valence-corrected chi connectivity index (χ0v) is 20.4. The Bertz CT molecular complexity index is 1580. The molecule has 1 aromatic carbocycles. The van der Waals surface area contributed by atoms with Crippen molar-refractivity contribution in [2.75, 3.05) is 37.7 Å². The SMILES string of the molecule is O=C(NC12C3CN(C(=O)c4cccc(-c5nc6ccccc6[nH]5)n4)C1C32)c1ccnc(N2CCOCC2)n1. The lowest BCUT2D eigenvalue weighted by Crippen LogP contribution is -2.40. The highest BCUT2D eigenvalue weighted by Crippen LogP contribution is 2.78. The van der Waals surface area contributed by atoms with Crippen molar-refractivity contribution in [3.8, 4) is 11.5 Å². The number of rotatable bonds is 5. The summed E-state index contributed by atoms with van der Waals surface area (Å²) in [6.07, 6.45) is 1.62. The topological polar surface area (TPSA) is 129 Å². The van der Waals surface area contributed by atoms with E-state index in [0.29, 0.717) is 67.6 Å². The summed E-state index contributed by atoms with van der Waals surface area (Å²) in [5.41, 5.74) is 2.77. The minimum Gasteiger partial charge on any atom is -0.378 e. The summed E-state index contributed by atoms with van der Waals surface area (Å²) in [6, 6.07) is 14.8. The number of carbonyl (C=O) groups is 2. The van der Waals surface area contributed by atoms with Gasteiger partial charge in [0, 0.05) is 37.7 Å². The van der Waals surface area contributed by atoms with Gasteiger partial charge in [-0.2, -0.15) is 0 Å². The number of fused-ring (bicyclic) bond motifs is 2. The Morgan fingerprint density at radius 3 is 2.71 bits per heavy atom. The van der Waals surface area contributed by atoms with E-state index in [4.69, 9.17) is 4.74 Å². The lowest BCUT2D eigenvalue weighted by atomic mass is 10.2. The Morgan fingerprint density at radius 1 is 1.00 bits per heavy atom. The molecule has 2 N–H and O–H groups in total. The van der Waals surface area contributed by atoms with E-state index in [1.165, 1.54) is 0 Å². The number of aromatic nitrogens is 5. The molecular weight excluding hydrogens is 484 g/mol. The van der Waals surface area contributed by atoms with Crippen LogP contribution in [0.15, 0.2) is 54.7 Å². The molecular formula is C27H24N8O3. The summed E-state index contributed by atoms with van der Waals surface area (Å²) >= 11 is 0. The number of pyridine rings is 1. The van der Waals surface area contributed by atoms with Crippen LogP contribution in [0.25, 0.3) is 22.6 Å². The summed E-state index contributed by atoms with van der Waals surface area (Å²) in [6.45, 7) is 3.25. The maximum Gasteiger partial charge on any atom is 0.272 e. The second-order valence-corrected chi connectivity index (χ2v) is 10.3. The van der Waals surface area contributed by atoms with Crippen LogP contribution in [0.3, 0.4) is 0 Å². The normalized spacial score (nSPS) is 26.8. The van der Waals surface area contributed by atoms with E-state index < -0.39 is 0 Å². The number of para-hydroxylation sites is 2. The van der Waals surface area contributed by atoms with Gasteiger partial charge in [-0.05, 0) is 30.3 Å². The van der Waals surface area contributed by atoms with Gasteiger partial charge in [0.15, 0.2) is 5.82 Å². The van der Waals surface area contributed by atoms with Gasteiger partial charge in [-0.15, -0.1) is 0 Å². The standard InChI is InChI=1S/C27H24N8O3/c36-24(19-8-9-28-26(32-19)34-10-12-38-13-11-34)33-27-15-14-35(22(27)21(15)27)25(37)20-7-3-6-18(29-20)23-30-16-4-1-2-5-17(16)31-23/h1-9,15,21-22H,10-14H2,(H,30,31)(H,33,36). The number of piperidine rings is 1. The number of hydrogen-bond acceptors (Lipinski definition) is 8. The number of nitrogens with zero attached hydrogens (tertiary/aromatic N) is 6. The van der Waals surface area contributed by atoms with Gasteiger partial charge in [0.25, 0.3) is 11.8 Å². The van der Waals surface area contributed by atoms with Gasteiger partial charge >= 0.3 is 0 Å². The van der Waals surface area contributed by atoms with Crippen molar-refractivity contribution in [3.63, 3.8) is 0 Å². The van der Waals surface area contributed by atoms with E-state index in [-0.39, 0.29) is 29.3 Å². The number of imidazole rings is 1. The molecule has 11 nitrogen and oxygen atoms in total. The second-order valence-electron chi connectivity index (χ2n) is 10.3. The predicted octanol–water partition coefficient (Wildman–Crippen LogP) is 1.50. The summed E-state index contributed by atoms with van der Waals surface area (Å²) in [7, 11) is 0. The van der Waals surface area contributed by atoms with Gasteiger partial charge < -0.3 is 24.8 Å². The molecule has 2 aliphatic carbocycles. The first kappa shape index (κ1) is 21.7. The monoisotopic (exact) mass is 508 g/mol. The van der Waals surface area contributed by atoms with E-state index >= 15 is 0 Å². The molecule has 4 aromatic rings. The molecule has 4 unspecified atom stereocenters. The van der Waals surface area contributed by atoms with Gasteiger partial charge in [-0.3, -0.25) is 9.59 Å². The van der Waals surface area contributed by atoms with Crippen LogP contribution >= 0.6 is 0 Å². The Kier molecular flexibility index (Phi) is 4.46. The number of H-pyrrole nitrogens is 1. The highest BCUT2D eigenvalue weighted by molar-refractivity contribution is 5.97. The van der Waals surface area contributed by atoms with Crippen LogP contribution in [-0.2, 0) is 4.74 Å². The number of morpholine rings is 1. The average Bonchev–Trinajstić information content (AvgIpc) is 3.49. The highest BCUT2D eigenvalue weighted by Gasteiger charge is 2.94. The maximum atomic E-state index is 13.5. The fourth-order valence-electron chi connectivity index (χ4n) is 6.31. The molecule has 3 saturated heterocycles. The van der Waals surface area contributed by atoms with Gasteiger partial charge in [-0.25, -0.2) is 19.9 Å². The molecule has 6 heterocycles. The Hall–Kier alpha value is -4.38. The largest absolute Gasteiger partial charge is 0.378 e. The van der Waals surface area contributed by atoms with E-state index in [9.17, 15) is 9.59 Å². The highest BCUT2D eigenvalue weighted by atomic mass is 16.5. The van der Waals surface area contributed by atoms with Gasteiger partial charge in [0.2, 0.25) is 5.95 Å². The number of anilines is 1. The number of hydrogen-bond donors (Lipinski definition) is 2. The molecule has 2 amide bonds. The molecule has 5 aliphatic rings. The number of aromatic amines is 1. The average molecular weight is 509 g/mol. The van der Waals surface area contributed by atoms with Gasteiger partial charge in [0.05, 0.1) is 35.8 Å². The zero-order valence-electron chi connectivity index (χ0n) is 20.4. The third-order valence-corrected chi connectivity index (χ3v) is 8.30. The van der Waals surface area contributed by atoms with Crippen LogP contribution in [0.5, 0.6) is 0 Å². The number of carbonyl (C=O) groups excluding carboxylic acids is 2. The third kappa shape index (κ3) is 3.11. The smallest absolute Gasteiger partial charge is 0.272 e. The van der Waals surface area contributed by atoms with Crippen molar-refractivity contribution in [2.24, 2.45) is 11.8 Å². The van der Waals surface area contributed by atoms with E-state index in [1.54, 1.807) is 18.3 Å². The molecule has 3 aromatic heterocycles. The molecule has 0 radical (unpaired) electrons. The van der Waals surface area contributed by atoms with E-state index in [1.807, 2.05) is 46.2 Å². The lowest BCUT2D eigenvalue weighted by molar-refractivity contribution is 0.0767.